The van der Waals surface area contributed by atoms with Gasteiger partial charge >= 0.3 is 5.97 Å². The maximum atomic E-state index is 11.5. The highest BCUT2D eigenvalue weighted by molar-refractivity contribution is 5.74. The minimum atomic E-state index is -1.06. The third-order valence-corrected chi connectivity index (χ3v) is 3.55. The Morgan fingerprint density at radius 2 is 2.12 bits per heavy atom. The van der Waals surface area contributed by atoms with Crippen molar-refractivity contribution in [3.63, 3.8) is 0 Å². The topological polar surface area (TPSA) is 72.5 Å². The third kappa shape index (κ3) is 3.76. The molecule has 4 atom stereocenters. The molecule has 0 bridgehead atoms. The zero-order chi connectivity index (χ0) is 12.1. The lowest BCUT2D eigenvalue weighted by molar-refractivity contribution is -0.162. The molecule has 1 aliphatic carbocycles. The molecule has 3 N–H and O–H groups in total. The summed E-state index contributed by atoms with van der Waals surface area (Å²) in [6, 6.07) is 0. The highest BCUT2D eigenvalue weighted by Crippen LogP contribution is 2.31. The van der Waals surface area contributed by atoms with Gasteiger partial charge in [-0.05, 0) is 44.1 Å². The van der Waals surface area contributed by atoms with Gasteiger partial charge < -0.3 is 15.6 Å². The van der Waals surface area contributed by atoms with Crippen molar-refractivity contribution >= 4 is 5.97 Å². The number of ether oxygens (including phenoxy) is 1. The number of rotatable bonds is 4. The maximum absolute atomic E-state index is 11.5. The number of hydrogen-bond acceptors (Lipinski definition) is 4. The van der Waals surface area contributed by atoms with Crippen LogP contribution in [0.25, 0.3) is 0 Å². The van der Waals surface area contributed by atoms with E-state index in [1.54, 1.807) is 0 Å². The number of nitrogens with two attached hydrogens (primary N) is 1. The van der Waals surface area contributed by atoms with Crippen LogP contribution in [0.2, 0.25) is 0 Å². The summed E-state index contributed by atoms with van der Waals surface area (Å²) < 4.78 is 5.28. The van der Waals surface area contributed by atoms with Crippen molar-refractivity contribution in [3.8, 4) is 0 Å². The number of hydrogen-bond donors (Lipinski definition) is 2. The third-order valence-electron chi connectivity index (χ3n) is 3.55. The first-order valence-electron chi connectivity index (χ1n) is 6.13. The van der Waals surface area contributed by atoms with Crippen LogP contribution in [-0.2, 0) is 9.53 Å². The van der Waals surface area contributed by atoms with E-state index in [-0.39, 0.29) is 12.5 Å². The predicted molar refractivity (Wildman–Crippen MR) is 61.7 cm³/mol. The maximum Gasteiger partial charge on any atom is 0.335 e. The van der Waals surface area contributed by atoms with Crippen molar-refractivity contribution < 1.29 is 14.6 Å². The van der Waals surface area contributed by atoms with E-state index in [4.69, 9.17) is 10.5 Å². The SMILES string of the molecule is CC1CCC(OC(=O)[C@@H](O)CCN)CC1C. The van der Waals surface area contributed by atoms with Gasteiger partial charge in [-0.1, -0.05) is 13.8 Å². The number of esters is 1. The van der Waals surface area contributed by atoms with Crippen molar-refractivity contribution in [1.82, 2.24) is 0 Å². The van der Waals surface area contributed by atoms with Gasteiger partial charge in [0, 0.05) is 0 Å². The normalized spacial score (nSPS) is 32.1. The molecule has 4 nitrogen and oxygen atoms in total. The molecule has 1 saturated carbocycles. The van der Waals surface area contributed by atoms with Gasteiger partial charge in [0.05, 0.1) is 0 Å². The standard InChI is InChI=1S/C12H23NO3/c1-8-3-4-10(7-9(8)2)16-12(15)11(14)5-6-13/h8-11,14H,3-7,13H2,1-2H3/t8?,9?,10?,11-/m0/s1. The average molecular weight is 229 g/mol. The predicted octanol–water partition coefficient (Wildman–Crippen LogP) is 1.06. The van der Waals surface area contributed by atoms with Crippen LogP contribution in [0.1, 0.15) is 39.5 Å². The van der Waals surface area contributed by atoms with Crippen LogP contribution in [-0.4, -0.2) is 29.8 Å². The second-order valence-corrected chi connectivity index (χ2v) is 4.92. The van der Waals surface area contributed by atoms with Gasteiger partial charge in [0.15, 0.2) is 6.10 Å². The largest absolute Gasteiger partial charge is 0.460 e. The van der Waals surface area contributed by atoms with Crippen molar-refractivity contribution in [1.29, 1.82) is 0 Å². The van der Waals surface area contributed by atoms with Crippen molar-refractivity contribution in [2.24, 2.45) is 17.6 Å². The van der Waals surface area contributed by atoms with Gasteiger partial charge in [-0.25, -0.2) is 4.79 Å². The number of aliphatic hydroxyl groups is 1. The van der Waals surface area contributed by atoms with E-state index in [1.165, 1.54) is 0 Å². The van der Waals surface area contributed by atoms with Crippen molar-refractivity contribution in [2.45, 2.75) is 51.7 Å². The Bertz CT molecular complexity index is 232. The monoisotopic (exact) mass is 229 g/mol. The van der Waals surface area contributed by atoms with E-state index in [9.17, 15) is 9.90 Å². The van der Waals surface area contributed by atoms with Gasteiger partial charge in [0.1, 0.15) is 6.10 Å². The summed E-state index contributed by atoms with van der Waals surface area (Å²) in [5, 5.41) is 9.41. The Balaban J connectivity index is 2.34. The Hall–Kier alpha value is -0.610. The summed E-state index contributed by atoms with van der Waals surface area (Å²) in [4.78, 5) is 11.5. The molecule has 16 heavy (non-hydrogen) atoms. The molecule has 1 aliphatic rings. The molecular weight excluding hydrogens is 206 g/mol. The zero-order valence-corrected chi connectivity index (χ0v) is 10.2. The van der Waals surface area contributed by atoms with Gasteiger partial charge in [-0.3, -0.25) is 0 Å². The molecule has 94 valence electrons. The highest BCUT2D eigenvalue weighted by atomic mass is 16.6. The molecule has 1 fully saturated rings. The van der Waals surface area contributed by atoms with Crippen molar-refractivity contribution in [3.05, 3.63) is 0 Å². The Morgan fingerprint density at radius 3 is 2.69 bits per heavy atom. The van der Waals surface area contributed by atoms with Crippen LogP contribution < -0.4 is 5.73 Å². The lowest BCUT2D eigenvalue weighted by Crippen LogP contribution is -2.33. The summed E-state index contributed by atoms with van der Waals surface area (Å²) in [5.74, 6) is 0.763. The molecule has 3 unspecified atom stereocenters. The molecule has 0 radical (unpaired) electrons. The first kappa shape index (κ1) is 13.5. The molecule has 0 aromatic rings. The fraction of sp³-hybridized carbons (Fsp3) is 0.917. The van der Waals surface area contributed by atoms with E-state index in [0.29, 0.717) is 18.4 Å². The molecule has 0 aromatic heterocycles. The quantitative estimate of drug-likeness (QED) is 0.707. The Kier molecular flexibility index (Phi) is 5.22. The summed E-state index contributed by atoms with van der Waals surface area (Å²) >= 11 is 0. The lowest BCUT2D eigenvalue weighted by Gasteiger charge is -2.32. The fourth-order valence-corrected chi connectivity index (χ4v) is 2.12. The van der Waals surface area contributed by atoms with Crippen LogP contribution in [0, 0.1) is 11.8 Å². The van der Waals surface area contributed by atoms with E-state index in [1.807, 2.05) is 0 Å². The molecule has 0 saturated heterocycles. The molecule has 0 aromatic carbocycles. The fourth-order valence-electron chi connectivity index (χ4n) is 2.12. The van der Waals surface area contributed by atoms with Crippen LogP contribution >= 0.6 is 0 Å². The second-order valence-electron chi connectivity index (χ2n) is 4.92. The Labute approximate surface area is 97.2 Å². The summed E-state index contributed by atoms with van der Waals surface area (Å²) in [6.45, 7) is 4.71. The molecule has 0 amide bonds. The number of carbonyl (C=O) groups is 1. The first-order chi connectivity index (χ1) is 7.54. The van der Waals surface area contributed by atoms with Crippen LogP contribution in [0.5, 0.6) is 0 Å². The average Bonchev–Trinajstić information content (AvgIpc) is 2.24. The molecule has 0 heterocycles. The molecular formula is C12H23NO3. The molecule has 0 aliphatic heterocycles. The smallest absolute Gasteiger partial charge is 0.335 e. The van der Waals surface area contributed by atoms with Crippen LogP contribution in [0.3, 0.4) is 0 Å². The minimum absolute atomic E-state index is 0.0221. The summed E-state index contributed by atoms with van der Waals surface area (Å²) in [5.41, 5.74) is 5.27. The lowest BCUT2D eigenvalue weighted by atomic mass is 9.80. The molecule has 0 spiro atoms. The van der Waals surface area contributed by atoms with E-state index in [0.717, 1.165) is 19.3 Å². The van der Waals surface area contributed by atoms with Gasteiger partial charge in [0.2, 0.25) is 0 Å². The Morgan fingerprint density at radius 1 is 1.44 bits per heavy atom. The van der Waals surface area contributed by atoms with E-state index >= 15 is 0 Å². The second kappa shape index (κ2) is 6.21. The van der Waals surface area contributed by atoms with Crippen LogP contribution in [0.4, 0.5) is 0 Å². The molecule has 4 heteroatoms. The zero-order valence-electron chi connectivity index (χ0n) is 10.2. The van der Waals surface area contributed by atoms with E-state index in [2.05, 4.69) is 13.8 Å². The van der Waals surface area contributed by atoms with Crippen molar-refractivity contribution in [2.75, 3.05) is 6.54 Å². The number of aliphatic hydroxyl groups excluding tert-OH is 1. The van der Waals surface area contributed by atoms with Gasteiger partial charge in [-0.2, -0.15) is 0 Å². The van der Waals surface area contributed by atoms with E-state index < -0.39 is 12.1 Å². The minimum Gasteiger partial charge on any atom is -0.460 e. The first-order valence-corrected chi connectivity index (χ1v) is 6.13. The molecule has 1 rings (SSSR count). The van der Waals surface area contributed by atoms with Crippen LogP contribution in [0.15, 0.2) is 0 Å². The van der Waals surface area contributed by atoms with Gasteiger partial charge in [-0.15, -0.1) is 0 Å². The number of carbonyl (C=O) groups excluding carboxylic acids is 1. The highest BCUT2D eigenvalue weighted by Gasteiger charge is 2.28. The summed E-state index contributed by atoms with van der Waals surface area (Å²) in [6.07, 6.45) is 2.10. The van der Waals surface area contributed by atoms with Gasteiger partial charge in [0.25, 0.3) is 0 Å². The summed E-state index contributed by atoms with van der Waals surface area (Å²) in [7, 11) is 0.